The third-order valence-corrected chi connectivity index (χ3v) is 5.51. The van der Waals surface area contributed by atoms with Gasteiger partial charge in [-0.2, -0.15) is 0 Å². The molecule has 1 fully saturated rings. The first-order valence-corrected chi connectivity index (χ1v) is 9.46. The maximum atomic E-state index is 13.0. The second-order valence-electron chi connectivity index (χ2n) is 5.68. The van der Waals surface area contributed by atoms with Crippen LogP contribution in [0.25, 0.3) is 6.08 Å². The van der Waals surface area contributed by atoms with E-state index in [4.69, 9.17) is 9.47 Å². The van der Waals surface area contributed by atoms with Crippen LogP contribution >= 0.6 is 27.7 Å². The summed E-state index contributed by atoms with van der Waals surface area (Å²) in [5.41, 5.74) is 1.50. The van der Waals surface area contributed by atoms with Crippen LogP contribution in [-0.2, 0) is 11.4 Å². The Morgan fingerprint density at radius 2 is 1.89 bits per heavy atom. The number of rotatable bonds is 5. The Hall–Kier alpha value is -2.32. The van der Waals surface area contributed by atoms with Crippen LogP contribution in [0.15, 0.2) is 45.8 Å². The van der Waals surface area contributed by atoms with E-state index >= 15 is 0 Å². The summed E-state index contributed by atoms with van der Waals surface area (Å²) in [4.78, 5) is 25.1. The highest BCUT2D eigenvalue weighted by molar-refractivity contribution is 9.10. The molecule has 0 bridgehead atoms. The van der Waals surface area contributed by atoms with Crippen LogP contribution in [0, 0.1) is 5.82 Å². The fourth-order valence-corrected chi connectivity index (χ4v) is 3.62. The SMILES string of the molecule is COc1cc(/C=C2\SC(=O)N(C)C2=O)c(Br)cc1OCc1ccc(F)cc1. The molecule has 2 aromatic rings. The molecule has 0 N–H and O–H groups in total. The van der Waals surface area contributed by atoms with Gasteiger partial charge in [-0.1, -0.05) is 28.1 Å². The number of thioether (sulfide) groups is 1. The summed E-state index contributed by atoms with van der Waals surface area (Å²) in [6.07, 6.45) is 1.63. The standard InChI is InChI=1S/C19H15BrFNO4S/c1-22-18(23)17(27-19(22)24)8-12-7-15(25-2)16(9-14(12)20)26-10-11-3-5-13(21)6-4-11/h3-9H,10H2,1-2H3/b17-8-. The number of nitrogens with zero attached hydrogens (tertiary/aromatic N) is 1. The molecule has 5 nitrogen and oxygen atoms in total. The van der Waals surface area contributed by atoms with E-state index in [1.807, 2.05) is 0 Å². The Labute approximate surface area is 168 Å². The van der Waals surface area contributed by atoms with Gasteiger partial charge in [-0.05, 0) is 53.2 Å². The number of benzene rings is 2. The van der Waals surface area contributed by atoms with Gasteiger partial charge in [0.2, 0.25) is 0 Å². The molecule has 1 aliphatic rings. The van der Waals surface area contributed by atoms with Crippen LogP contribution < -0.4 is 9.47 Å². The fraction of sp³-hybridized carbons (Fsp3) is 0.158. The molecule has 0 unspecified atom stereocenters. The maximum absolute atomic E-state index is 13.0. The summed E-state index contributed by atoms with van der Waals surface area (Å²) < 4.78 is 24.8. The number of imide groups is 1. The van der Waals surface area contributed by atoms with Crippen molar-refractivity contribution in [2.45, 2.75) is 6.61 Å². The highest BCUT2D eigenvalue weighted by Crippen LogP contribution is 2.37. The number of amides is 2. The van der Waals surface area contributed by atoms with E-state index in [0.29, 0.717) is 26.4 Å². The van der Waals surface area contributed by atoms with Crippen molar-refractivity contribution in [3.63, 3.8) is 0 Å². The van der Waals surface area contributed by atoms with E-state index in [-0.39, 0.29) is 23.6 Å². The van der Waals surface area contributed by atoms with E-state index in [9.17, 15) is 14.0 Å². The van der Waals surface area contributed by atoms with E-state index in [1.165, 1.54) is 26.3 Å². The van der Waals surface area contributed by atoms with Crippen molar-refractivity contribution < 1.29 is 23.5 Å². The highest BCUT2D eigenvalue weighted by atomic mass is 79.9. The molecule has 140 valence electrons. The number of halogens is 2. The van der Waals surface area contributed by atoms with E-state index in [2.05, 4.69) is 15.9 Å². The number of carbonyl (C=O) groups excluding carboxylic acids is 2. The predicted octanol–water partition coefficient (Wildman–Crippen LogP) is 4.84. The van der Waals surface area contributed by atoms with Crippen LogP contribution in [0.3, 0.4) is 0 Å². The third-order valence-electron chi connectivity index (χ3n) is 3.86. The Bertz CT molecular complexity index is 930. The number of ether oxygens (including phenoxy) is 2. The monoisotopic (exact) mass is 451 g/mol. The zero-order chi connectivity index (χ0) is 19.6. The van der Waals surface area contributed by atoms with Gasteiger partial charge in [0.15, 0.2) is 11.5 Å². The molecule has 27 heavy (non-hydrogen) atoms. The summed E-state index contributed by atoms with van der Waals surface area (Å²) >= 11 is 4.34. The molecule has 1 aliphatic heterocycles. The highest BCUT2D eigenvalue weighted by Gasteiger charge is 2.32. The summed E-state index contributed by atoms with van der Waals surface area (Å²) in [6, 6.07) is 9.47. The maximum Gasteiger partial charge on any atom is 0.293 e. The number of hydrogen-bond acceptors (Lipinski definition) is 5. The van der Waals surface area contributed by atoms with Crippen molar-refractivity contribution in [2.75, 3.05) is 14.2 Å². The van der Waals surface area contributed by atoms with Crippen LogP contribution in [0.5, 0.6) is 11.5 Å². The van der Waals surface area contributed by atoms with Gasteiger partial charge in [-0.3, -0.25) is 14.5 Å². The molecule has 3 rings (SSSR count). The molecule has 0 radical (unpaired) electrons. The lowest BCUT2D eigenvalue weighted by Crippen LogP contribution is -2.22. The van der Waals surface area contributed by atoms with Gasteiger partial charge < -0.3 is 9.47 Å². The van der Waals surface area contributed by atoms with Crippen molar-refractivity contribution in [3.05, 3.63) is 62.7 Å². The summed E-state index contributed by atoms with van der Waals surface area (Å²) in [7, 11) is 2.96. The molecule has 0 spiro atoms. The lowest BCUT2D eigenvalue weighted by atomic mass is 10.1. The third kappa shape index (κ3) is 4.33. The first-order chi connectivity index (χ1) is 12.9. The average Bonchev–Trinajstić information content (AvgIpc) is 2.89. The topological polar surface area (TPSA) is 55.8 Å². The average molecular weight is 452 g/mol. The van der Waals surface area contributed by atoms with Crippen molar-refractivity contribution in [3.8, 4) is 11.5 Å². The second kappa shape index (κ2) is 8.14. The molecular weight excluding hydrogens is 437 g/mol. The normalized spacial score (nSPS) is 15.6. The molecule has 0 aliphatic carbocycles. The Morgan fingerprint density at radius 3 is 2.48 bits per heavy atom. The van der Waals surface area contributed by atoms with E-state index in [0.717, 1.165) is 22.2 Å². The number of likely N-dealkylation sites (N-methyl/N-ethyl adjacent to an activating group) is 1. The predicted molar refractivity (Wildman–Crippen MR) is 105 cm³/mol. The number of methoxy groups -OCH3 is 1. The largest absolute Gasteiger partial charge is 0.493 e. The minimum absolute atomic E-state index is 0.247. The minimum Gasteiger partial charge on any atom is -0.493 e. The molecule has 0 saturated carbocycles. The molecular formula is C19H15BrFNO4S. The van der Waals surface area contributed by atoms with Gasteiger partial charge in [0.1, 0.15) is 12.4 Å². The molecule has 1 saturated heterocycles. The van der Waals surface area contributed by atoms with Crippen molar-refractivity contribution in [1.82, 2.24) is 4.90 Å². The Balaban J connectivity index is 1.84. The van der Waals surface area contributed by atoms with Gasteiger partial charge in [0, 0.05) is 11.5 Å². The van der Waals surface area contributed by atoms with Gasteiger partial charge in [0.25, 0.3) is 11.1 Å². The first-order valence-electron chi connectivity index (χ1n) is 7.85. The fourth-order valence-electron chi connectivity index (χ4n) is 2.36. The minimum atomic E-state index is -0.340. The van der Waals surface area contributed by atoms with Crippen LogP contribution in [0.4, 0.5) is 9.18 Å². The van der Waals surface area contributed by atoms with Gasteiger partial charge in [0.05, 0.1) is 12.0 Å². The van der Waals surface area contributed by atoms with E-state index in [1.54, 1.807) is 30.3 Å². The lowest BCUT2D eigenvalue weighted by molar-refractivity contribution is -0.121. The van der Waals surface area contributed by atoms with Gasteiger partial charge >= 0.3 is 0 Å². The van der Waals surface area contributed by atoms with Crippen LogP contribution in [0.1, 0.15) is 11.1 Å². The summed E-state index contributed by atoms with van der Waals surface area (Å²) in [5, 5.41) is -0.311. The van der Waals surface area contributed by atoms with Crippen molar-refractivity contribution >= 4 is 44.9 Å². The zero-order valence-electron chi connectivity index (χ0n) is 14.5. The van der Waals surface area contributed by atoms with Gasteiger partial charge in [-0.25, -0.2) is 4.39 Å². The van der Waals surface area contributed by atoms with Crippen molar-refractivity contribution in [1.29, 1.82) is 0 Å². The molecule has 2 aromatic carbocycles. The molecule has 0 aromatic heterocycles. The lowest BCUT2D eigenvalue weighted by Gasteiger charge is -2.13. The van der Waals surface area contributed by atoms with Crippen LogP contribution in [-0.4, -0.2) is 30.2 Å². The zero-order valence-corrected chi connectivity index (χ0v) is 16.9. The number of hydrogen-bond donors (Lipinski definition) is 0. The van der Waals surface area contributed by atoms with Gasteiger partial charge in [-0.15, -0.1) is 0 Å². The molecule has 8 heteroatoms. The van der Waals surface area contributed by atoms with E-state index < -0.39 is 0 Å². The smallest absolute Gasteiger partial charge is 0.293 e. The summed E-state index contributed by atoms with van der Waals surface area (Å²) in [5.74, 6) is 0.323. The molecule has 1 heterocycles. The van der Waals surface area contributed by atoms with Crippen LogP contribution in [0.2, 0.25) is 0 Å². The van der Waals surface area contributed by atoms with Crippen molar-refractivity contribution in [2.24, 2.45) is 0 Å². The summed E-state index contributed by atoms with van der Waals surface area (Å²) in [6.45, 7) is 0.247. The molecule has 2 amide bonds. The Kier molecular flexibility index (Phi) is 5.86. The second-order valence-corrected chi connectivity index (χ2v) is 7.53. The first kappa shape index (κ1) is 19.4. The Morgan fingerprint density at radius 1 is 1.19 bits per heavy atom. The quantitative estimate of drug-likeness (QED) is 0.608. The molecule has 0 atom stereocenters. The number of carbonyl (C=O) groups is 2.